The number of hydrogen-bond acceptors (Lipinski definition) is 7. The molecular weight excluding hydrogens is 552 g/mol. The molecule has 2 aromatic rings. The van der Waals surface area contributed by atoms with Crippen LogP contribution < -0.4 is 25.7 Å². The zero-order valence-electron chi connectivity index (χ0n) is 20.3. The van der Waals surface area contributed by atoms with E-state index in [0.717, 1.165) is 18.3 Å². The Morgan fingerprint density at radius 1 is 1.03 bits per heavy atom. The summed E-state index contributed by atoms with van der Waals surface area (Å²) >= 11 is 5.62. The summed E-state index contributed by atoms with van der Waals surface area (Å²) in [6.07, 6.45) is -2.55. The SMILES string of the molecule is O=C(COc1ccc(Cl)c(F)c1)NC12CCC(NC(=O)COc3ccnn(CC(F)(F)F)c3=O)(CC1)C(=O)C2. The zero-order valence-corrected chi connectivity index (χ0v) is 21.0. The van der Waals surface area contributed by atoms with Crippen LogP contribution in [0.2, 0.25) is 5.02 Å². The van der Waals surface area contributed by atoms with Crippen molar-refractivity contribution in [2.75, 3.05) is 13.2 Å². The first-order valence-corrected chi connectivity index (χ1v) is 12.2. The second-order valence-corrected chi connectivity index (χ2v) is 9.89. The lowest BCUT2D eigenvalue weighted by Crippen LogP contribution is -2.69. The van der Waals surface area contributed by atoms with E-state index in [1.165, 1.54) is 12.1 Å². The Morgan fingerprint density at radius 3 is 2.33 bits per heavy atom. The van der Waals surface area contributed by atoms with Gasteiger partial charge in [0.15, 0.2) is 24.7 Å². The molecule has 1 aromatic carbocycles. The molecule has 2 bridgehead atoms. The summed E-state index contributed by atoms with van der Waals surface area (Å²) in [4.78, 5) is 50.2. The van der Waals surface area contributed by atoms with E-state index in [0.29, 0.717) is 12.8 Å². The maximum Gasteiger partial charge on any atom is 0.408 e. The quantitative estimate of drug-likeness (QED) is 0.440. The topological polar surface area (TPSA) is 129 Å². The molecule has 1 heterocycles. The second-order valence-electron chi connectivity index (χ2n) is 9.49. The van der Waals surface area contributed by atoms with E-state index in [1.807, 2.05) is 0 Å². The Bertz CT molecular complexity index is 1340. The number of rotatable bonds is 9. The van der Waals surface area contributed by atoms with Crippen molar-refractivity contribution in [3.8, 4) is 11.5 Å². The van der Waals surface area contributed by atoms with E-state index in [-0.39, 0.29) is 40.5 Å². The number of amides is 2. The first-order valence-electron chi connectivity index (χ1n) is 11.8. The van der Waals surface area contributed by atoms with Crippen LogP contribution in [0.1, 0.15) is 32.1 Å². The number of ether oxygens (including phenoxy) is 2. The van der Waals surface area contributed by atoms with Gasteiger partial charge in [-0.1, -0.05) is 11.6 Å². The van der Waals surface area contributed by atoms with Crippen LogP contribution in [0.4, 0.5) is 17.6 Å². The van der Waals surface area contributed by atoms with Crippen LogP contribution in [0.5, 0.6) is 11.5 Å². The van der Waals surface area contributed by atoms with Gasteiger partial charge in [0.1, 0.15) is 18.1 Å². The first kappa shape index (κ1) is 28.3. The highest BCUT2D eigenvalue weighted by Gasteiger charge is 2.55. The van der Waals surface area contributed by atoms with Crippen molar-refractivity contribution in [3.63, 3.8) is 0 Å². The van der Waals surface area contributed by atoms with Crippen molar-refractivity contribution < 1.29 is 41.4 Å². The molecule has 39 heavy (non-hydrogen) atoms. The number of aromatic nitrogens is 2. The zero-order chi connectivity index (χ0) is 28.4. The summed E-state index contributed by atoms with van der Waals surface area (Å²) in [5.74, 6) is -2.61. The lowest BCUT2D eigenvalue weighted by atomic mass is 9.60. The van der Waals surface area contributed by atoms with Gasteiger partial charge >= 0.3 is 11.7 Å². The average Bonchev–Trinajstić information content (AvgIpc) is 2.85. The highest BCUT2D eigenvalue weighted by Crippen LogP contribution is 2.44. The summed E-state index contributed by atoms with van der Waals surface area (Å²) in [7, 11) is 0. The molecular formula is C24H23ClF4N4O6. The van der Waals surface area contributed by atoms with Crippen molar-refractivity contribution in [1.29, 1.82) is 0 Å². The molecule has 0 aliphatic heterocycles. The molecule has 2 amide bonds. The molecule has 1 aromatic heterocycles. The maximum absolute atomic E-state index is 13.5. The van der Waals surface area contributed by atoms with Gasteiger partial charge in [-0.2, -0.15) is 18.3 Å². The standard InChI is InChI=1S/C24H23ClF4N4O6/c25-15-2-1-14(9-16(15)26)38-11-19(35)31-22-4-6-23(7-5-22,18(34)10-22)32-20(36)12-39-17-3-8-30-33(21(17)37)13-24(27,28)29/h1-3,8-9H,4-7,10-13H2,(H,31,35)(H,32,36). The lowest BCUT2D eigenvalue weighted by molar-refractivity contribution is -0.143. The van der Waals surface area contributed by atoms with E-state index in [1.54, 1.807) is 0 Å². The summed E-state index contributed by atoms with van der Waals surface area (Å²) in [5, 5.41) is 8.72. The summed E-state index contributed by atoms with van der Waals surface area (Å²) in [6.45, 7) is -2.72. The molecule has 2 N–H and O–H groups in total. The smallest absolute Gasteiger partial charge is 0.408 e. The third-order valence-electron chi connectivity index (χ3n) is 6.70. The number of fused-ring (bicyclic) bond motifs is 3. The van der Waals surface area contributed by atoms with Crippen molar-refractivity contribution in [3.05, 3.63) is 51.7 Å². The van der Waals surface area contributed by atoms with Gasteiger partial charge in [0, 0.05) is 24.1 Å². The molecule has 3 fully saturated rings. The lowest BCUT2D eigenvalue weighted by Gasteiger charge is -2.52. The van der Waals surface area contributed by atoms with Gasteiger partial charge in [0.05, 0.1) is 16.8 Å². The fourth-order valence-corrected chi connectivity index (χ4v) is 4.89. The number of Topliss-reactive ketones (excluding diaryl/α,β-unsaturated/α-hetero) is 1. The number of carbonyl (C=O) groups excluding carboxylic acids is 3. The van der Waals surface area contributed by atoms with Crippen LogP contribution in [-0.4, -0.2) is 57.8 Å². The Kier molecular flexibility index (Phi) is 7.87. The van der Waals surface area contributed by atoms with E-state index < -0.39 is 66.0 Å². The van der Waals surface area contributed by atoms with Crippen molar-refractivity contribution in [1.82, 2.24) is 20.4 Å². The minimum absolute atomic E-state index is 0.0397. The second kappa shape index (κ2) is 10.8. The average molecular weight is 575 g/mol. The molecule has 5 rings (SSSR count). The summed E-state index contributed by atoms with van der Waals surface area (Å²) < 4.78 is 61.9. The van der Waals surface area contributed by atoms with Gasteiger partial charge in [0.25, 0.3) is 11.8 Å². The highest BCUT2D eigenvalue weighted by molar-refractivity contribution is 6.30. The number of alkyl halides is 3. The van der Waals surface area contributed by atoms with Crippen LogP contribution in [0, 0.1) is 5.82 Å². The van der Waals surface area contributed by atoms with Gasteiger partial charge < -0.3 is 20.1 Å². The minimum Gasteiger partial charge on any atom is -0.484 e. The Hall–Kier alpha value is -3.68. The molecule has 0 saturated heterocycles. The molecule has 0 unspecified atom stereocenters. The first-order chi connectivity index (χ1) is 18.3. The van der Waals surface area contributed by atoms with Crippen molar-refractivity contribution in [2.24, 2.45) is 0 Å². The molecule has 15 heteroatoms. The summed E-state index contributed by atoms with van der Waals surface area (Å²) in [6, 6.07) is 4.79. The number of nitrogens with one attached hydrogen (secondary N) is 2. The third kappa shape index (κ3) is 6.67. The third-order valence-corrected chi connectivity index (χ3v) is 7.01. The molecule has 3 aliphatic rings. The highest BCUT2D eigenvalue weighted by atomic mass is 35.5. The molecule has 0 spiro atoms. The molecule has 0 atom stereocenters. The van der Waals surface area contributed by atoms with Crippen LogP contribution in [0.25, 0.3) is 0 Å². The van der Waals surface area contributed by atoms with Gasteiger partial charge in [-0.15, -0.1) is 0 Å². The largest absolute Gasteiger partial charge is 0.484 e. The summed E-state index contributed by atoms with van der Waals surface area (Å²) in [5.41, 5.74) is -3.15. The molecule has 210 valence electrons. The van der Waals surface area contributed by atoms with Crippen molar-refractivity contribution >= 4 is 29.2 Å². The number of benzene rings is 1. The van der Waals surface area contributed by atoms with Crippen LogP contribution in [0.15, 0.2) is 35.3 Å². The normalized spacial score (nSPS) is 22.3. The molecule has 3 aliphatic carbocycles. The van der Waals surface area contributed by atoms with Gasteiger partial charge in [-0.3, -0.25) is 19.2 Å². The number of nitrogens with zero attached hydrogens (tertiary/aromatic N) is 2. The monoisotopic (exact) mass is 574 g/mol. The Labute approximate surface area is 223 Å². The molecule has 0 radical (unpaired) electrons. The number of ketones is 1. The van der Waals surface area contributed by atoms with Crippen molar-refractivity contribution in [2.45, 2.75) is 55.9 Å². The van der Waals surface area contributed by atoms with Crippen LogP contribution in [-0.2, 0) is 20.9 Å². The fraction of sp³-hybridized carbons (Fsp3) is 0.458. The number of carbonyl (C=O) groups is 3. The van der Waals surface area contributed by atoms with E-state index in [4.69, 9.17) is 21.1 Å². The Balaban J connectivity index is 1.29. The predicted molar refractivity (Wildman–Crippen MR) is 127 cm³/mol. The van der Waals surface area contributed by atoms with Gasteiger partial charge in [-0.05, 0) is 37.8 Å². The number of hydrogen-bond donors (Lipinski definition) is 2. The predicted octanol–water partition coefficient (Wildman–Crippen LogP) is 2.31. The molecule has 3 saturated carbocycles. The fourth-order valence-electron chi connectivity index (χ4n) is 4.77. The van der Waals surface area contributed by atoms with E-state index >= 15 is 0 Å². The Morgan fingerprint density at radius 2 is 1.69 bits per heavy atom. The van der Waals surface area contributed by atoms with E-state index in [2.05, 4.69) is 15.7 Å². The number of halogens is 5. The maximum atomic E-state index is 13.5. The van der Waals surface area contributed by atoms with Gasteiger partial charge in [0.2, 0.25) is 0 Å². The molecule has 10 nitrogen and oxygen atoms in total. The minimum atomic E-state index is -4.67. The van der Waals surface area contributed by atoms with Crippen LogP contribution in [0.3, 0.4) is 0 Å². The van der Waals surface area contributed by atoms with Crippen LogP contribution >= 0.6 is 11.6 Å². The van der Waals surface area contributed by atoms with E-state index in [9.17, 15) is 36.7 Å². The van der Waals surface area contributed by atoms with Gasteiger partial charge in [-0.25, -0.2) is 9.07 Å².